The lowest BCUT2D eigenvalue weighted by molar-refractivity contribution is -0.0816. The van der Waals surface area contributed by atoms with E-state index in [4.69, 9.17) is 18.9 Å². The smallest absolute Gasteiger partial charge is 0.193 e. The third-order valence-corrected chi connectivity index (χ3v) is 5.36. The largest absolute Gasteiger partial charge is 0.493 e. The number of morpholine rings is 1. The summed E-state index contributed by atoms with van der Waals surface area (Å²) in [6, 6.07) is 6.09. The molecule has 0 radical (unpaired) electrons. The van der Waals surface area contributed by atoms with Gasteiger partial charge in [-0.1, -0.05) is 6.07 Å². The van der Waals surface area contributed by atoms with E-state index in [0.29, 0.717) is 0 Å². The maximum atomic E-state index is 5.94. The lowest BCUT2D eigenvalue weighted by Gasteiger charge is -2.37. The standard InChI is InChI=1S/C21H33N3O4.HI/c1-22-21(24-11-13-28-20(15-24)18-7-5-12-27-18)23-10-4-6-16-8-9-17(25-2)19(14-16)26-3;/h8-9,14,18,20H,4-7,10-13,15H2,1-3H3,(H,22,23);1H. The molecule has 0 spiro atoms. The molecule has 0 aromatic heterocycles. The summed E-state index contributed by atoms with van der Waals surface area (Å²) in [6.07, 6.45) is 4.57. The molecule has 8 heteroatoms. The van der Waals surface area contributed by atoms with Gasteiger partial charge in [-0.05, 0) is 43.4 Å². The van der Waals surface area contributed by atoms with E-state index in [0.717, 1.165) is 76.0 Å². The van der Waals surface area contributed by atoms with Crippen LogP contribution in [0.3, 0.4) is 0 Å². The predicted molar refractivity (Wildman–Crippen MR) is 125 cm³/mol. The van der Waals surface area contributed by atoms with Crippen LogP contribution in [0, 0.1) is 0 Å². The monoisotopic (exact) mass is 519 g/mol. The van der Waals surface area contributed by atoms with Gasteiger partial charge in [0, 0.05) is 33.3 Å². The second-order valence-electron chi connectivity index (χ2n) is 7.17. The van der Waals surface area contributed by atoms with Crippen molar-refractivity contribution in [3.8, 4) is 11.5 Å². The van der Waals surface area contributed by atoms with Gasteiger partial charge in [-0.25, -0.2) is 0 Å². The van der Waals surface area contributed by atoms with E-state index in [1.54, 1.807) is 14.2 Å². The van der Waals surface area contributed by atoms with Crippen LogP contribution in [-0.2, 0) is 15.9 Å². The zero-order chi connectivity index (χ0) is 19.8. The van der Waals surface area contributed by atoms with Crippen molar-refractivity contribution in [2.24, 2.45) is 4.99 Å². The van der Waals surface area contributed by atoms with Crippen molar-refractivity contribution in [2.45, 2.75) is 37.9 Å². The number of hydrogen-bond acceptors (Lipinski definition) is 5. The maximum Gasteiger partial charge on any atom is 0.193 e. The fraction of sp³-hybridized carbons (Fsp3) is 0.667. The molecule has 2 aliphatic rings. The highest BCUT2D eigenvalue weighted by atomic mass is 127. The van der Waals surface area contributed by atoms with E-state index < -0.39 is 0 Å². The molecule has 29 heavy (non-hydrogen) atoms. The molecule has 3 rings (SSSR count). The van der Waals surface area contributed by atoms with Crippen molar-refractivity contribution in [1.82, 2.24) is 10.2 Å². The van der Waals surface area contributed by atoms with Crippen molar-refractivity contribution in [3.05, 3.63) is 23.8 Å². The summed E-state index contributed by atoms with van der Waals surface area (Å²) in [7, 11) is 5.16. The van der Waals surface area contributed by atoms with Crippen LogP contribution in [0.4, 0.5) is 0 Å². The Balaban J connectivity index is 0.00000300. The molecule has 2 atom stereocenters. The summed E-state index contributed by atoms with van der Waals surface area (Å²) < 4.78 is 22.4. The van der Waals surface area contributed by atoms with E-state index in [-0.39, 0.29) is 36.2 Å². The van der Waals surface area contributed by atoms with Crippen LogP contribution in [0.25, 0.3) is 0 Å². The average molecular weight is 519 g/mol. The Kier molecular flexibility index (Phi) is 10.3. The molecule has 1 N–H and O–H groups in total. The Bertz CT molecular complexity index is 653. The number of nitrogens with zero attached hydrogens (tertiary/aromatic N) is 2. The number of guanidine groups is 1. The normalized spacial score (nSPS) is 22.2. The van der Waals surface area contributed by atoms with Gasteiger partial charge in [-0.15, -0.1) is 24.0 Å². The molecule has 164 valence electrons. The highest BCUT2D eigenvalue weighted by Gasteiger charge is 2.32. The molecule has 1 aromatic carbocycles. The van der Waals surface area contributed by atoms with Gasteiger partial charge in [0.15, 0.2) is 17.5 Å². The first-order valence-electron chi connectivity index (χ1n) is 10.1. The molecule has 2 fully saturated rings. The number of methoxy groups -OCH3 is 2. The van der Waals surface area contributed by atoms with Crippen molar-refractivity contribution in [1.29, 1.82) is 0 Å². The number of aliphatic imine (C=N–C) groups is 1. The molecule has 2 saturated heterocycles. The number of aryl methyl sites for hydroxylation is 1. The second kappa shape index (κ2) is 12.4. The molecular weight excluding hydrogens is 485 g/mol. The molecule has 0 aliphatic carbocycles. The first kappa shape index (κ1) is 24.0. The van der Waals surface area contributed by atoms with Crippen LogP contribution < -0.4 is 14.8 Å². The fourth-order valence-electron chi connectivity index (χ4n) is 3.85. The molecular formula is C21H34IN3O4. The molecule has 2 aliphatic heterocycles. The van der Waals surface area contributed by atoms with Crippen LogP contribution in [0.2, 0.25) is 0 Å². The van der Waals surface area contributed by atoms with Gasteiger partial charge < -0.3 is 29.2 Å². The Hall–Kier alpha value is -1.26. The molecule has 7 nitrogen and oxygen atoms in total. The Morgan fingerprint density at radius 2 is 1.97 bits per heavy atom. The Morgan fingerprint density at radius 3 is 2.66 bits per heavy atom. The molecule has 0 saturated carbocycles. The third-order valence-electron chi connectivity index (χ3n) is 5.36. The molecule has 0 amide bonds. The summed E-state index contributed by atoms with van der Waals surface area (Å²) >= 11 is 0. The van der Waals surface area contributed by atoms with E-state index in [1.807, 2.05) is 19.2 Å². The minimum Gasteiger partial charge on any atom is -0.493 e. The van der Waals surface area contributed by atoms with E-state index in [9.17, 15) is 0 Å². The van der Waals surface area contributed by atoms with Gasteiger partial charge in [-0.3, -0.25) is 4.99 Å². The van der Waals surface area contributed by atoms with Gasteiger partial charge in [0.2, 0.25) is 0 Å². The van der Waals surface area contributed by atoms with Gasteiger partial charge in [-0.2, -0.15) is 0 Å². The SMILES string of the molecule is CN=C(NCCCc1ccc(OC)c(OC)c1)N1CCOC(C2CCCO2)C1.I. The summed E-state index contributed by atoms with van der Waals surface area (Å²) in [5.74, 6) is 2.48. The molecule has 1 aromatic rings. The first-order valence-corrected chi connectivity index (χ1v) is 10.1. The topological polar surface area (TPSA) is 64.6 Å². The molecule has 0 bridgehead atoms. The summed E-state index contributed by atoms with van der Waals surface area (Å²) in [5, 5.41) is 3.50. The lowest BCUT2D eigenvalue weighted by Crippen LogP contribution is -2.53. The van der Waals surface area contributed by atoms with E-state index in [1.165, 1.54) is 5.56 Å². The number of nitrogens with one attached hydrogen (secondary N) is 1. The minimum atomic E-state index is 0. The summed E-state index contributed by atoms with van der Waals surface area (Å²) in [5.41, 5.74) is 1.24. The fourth-order valence-corrected chi connectivity index (χ4v) is 3.85. The number of benzene rings is 1. The van der Waals surface area contributed by atoms with Crippen LogP contribution >= 0.6 is 24.0 Å². The summed E-state index contributed by atoms with van der Waals surface area (Å²) in [4.78, 5) is 6.75. The number of rotatable bonds is 7. The van der Waals surface area contributed by atoms with E-state index in [2.05, 4.69) is 21.3 Å². The zero-order valence-electron chi connectivity index (χ0n) is 17.7. The first-order chi connectivity index (χ1) is 13.7. The Morgan fingerprint density at radius 1 is 1.17 bits per heavy atom. The van der Waals surface area contributed by atoms with Crippen LogP contribution in [0.1, 0.15) is 24.8 Å². The van der Waals surface area contributed by atoms with Gasteiger partial charge in [0.05, 0.1) is 26.9 Å². The average Bonchev–Trinajstić information content (AvgIpc) is 3.28. The van der Waals surface area contributed by atoms with Gasteiger partial charge >= 0.3 is 0 Å². The van der Waals surface area contributed by atoms with Crippen LogP contribution in [-0.4, -0.2) is 77.2 Å². The third kappa shape index (κ3) is 6.62. The van der Waals surface area contributed by atoms with Crippen LogP contribution in [0.5, 0.6) is 11.5 Å². The Labute approximate surface area is 191 Å². The van der Waals surface area contributed by atoms with Gasteiger partial charge in [0.25, 0.3) is 0 Å². The maximum absolute atomic E-state index is 5.94. The van der Waals surface area contributed by atoms with Gasteiger partial charge in [0.1, 0.15) is 6.10 Å². The zero-order valence-corrected chi connectivity index (χ0v) is 20.0. The lowest BCUT2D eigenvalue weighted by atomic mass is 10.1. The highest BCUT2D eigenvalue weighted by Crippen LogP contribution is 2.28. The van der Waals surface area contributed by atoms with Crippen LogP contribution in [0.15, 0.2) is 23.2 Å². The minimum absolute atomic E-state index is 0. The number of halogens is 1. The predicted octanol–water partition coefficient (Wildman–Crippen LogP) is 2.71. The molecule has 2 unspecified atom stereocenters. The highest BCUT2D eigenvalue weighted by molar-refractivity contribution is 14.0. The summed E-state index contributed by atoms with van der Waals surface area (Å²) in [6.45, 7) is 4.13. The second-order valence-corrected chi connectivity index (χ2v) is 7.17. The number of ether oxygens (including phenoxy) is 4. The van der Waals surface area contributed by atoms with Crippen molar-refractivity contribution in [3.63, 3.8) is 0 Å². The quantitative estimate of drug-likeness (QED) is 0.259. The number of hydrogen-bond donors (Lipinski definition) is 1. The van der Waals surface area contributed by atoms with Crippen molar-refractivity contribution >= 4 is 29.9 Å². The van der Waals surface area contributed by atoms with Crippen molar-refractivity contribution in [2.75, 3.05) is 54.1 Å². The van der Waals surface area contributed by atoms with E-state index >= 15 is 0 Å². The van der Waals surface area contributed by atoms with Crippen molar-refractivity contribution < 1.29 is 18.9 Å². The molecule has 2 heterocycles.